The lowest BCUT2D eigenvalue weighted by atomic mass is 10.1. The molecule has 1 aromatic heterocycles. The van der Waals surface area contributed by atoms with Gasteiger partial charge in [-0.1, -0.05) is 36.4 Å². The van der Waals surface area contributed by atoms with Gasteiger partial charge in [-0.05, 0) is 17.5 Å². The Morgan fingerprint density at radius 1 is 1.10 bits per heavy atom. The van der Waals surface area contributed by atoms with Gasteiger partial charge in [0.05, 0.1) is 12.5 Å². The van der Waals surface area contributed by atoms with E-state index in [0.717, 1.165) is 16.8 Å². The fourth-order valence-electron chi connectivity index (χ4n) is 4.16. The van der Waals surface area contributed by atoms with Crippen LogP contribution >= 0.6 is 0 Å². The second kappa shape index (κ2) is 13.0. The van der Waals surface area contributed by atoms with E-state index in [0.29, 0.717) is 26.2 Å². The Labute approximate surface area is 224 Å². The average Bonchev–Trinajstić information content (AvgIpc) is 2.95. The molecular weight excluding hydrogens is 510 g/mol. The zero-order valence-corrected chi connectivity index (χ0v) is 21.5. The number of likely N-dealkylation sites (N-methyl/N-ethyl adjacent to an activating group) is 1. The molecule has 1 saturated heterocycles. The monoisotopic (exact) mass is 540 g/mol. The van der Waals surface area contributed by atoms with E-state index in [2.05, 4.69) is 20.9 Å². The summed E-state index contributed by atoms with van der Waals surface area (Å²) in [6.45, 7) is 1.81. The molecule has 1 atom stereocenters. The van der Waals surface area contributed by atoms with Gasteiger partial charge in [0.15, 0.2) is 11.6 Å². The zero-order valence-electron chi connectivity index (χ0n) is 21.5. The number of hydrogen-bond acceptors (Lipinski definition) is 6. The lowest BCUT2D eigenvalue weighted by Gasteiger charge is -2.32. The summed E-state index contributed by atoms with van der Waals surface area (Å²) in [5.74, 6) is -1.98. The summed E-state index contributed by atoms with van der Waals surface area (Å²) in [6, 6.07) is 11.5. The van der Waals surface area contributed by atoms with Crippen molar-refractivity contribution in [2.24, 2.45) is 0 Å². The van der Waals surface area contributed by atoms with Crippen LogP contribution < -0.4 is 16.0 Å². The molecule has 2 heterocycles. The quantitative estimate of drug-likeness (QED) is 0.405. The van der Waals surface area contributed by atoms with Crippen LogP contribution in [0.25, 0.3) is 10.8 Å². The molecule has 0 spiro atoms. The van der Waals surface area contributed by atoms with Gasteiger partial charge in [0, 0.05) is 56.9 Å². The van der Waals surface area contributed by atoms with Crippen LogP contribution in [-0.4, -0.2) is 78.7 Å². The molecule has 39 heavy (non-hydrogen) atoms. The fraction of sp³-hybridized carbons (Fsp3) is 0.333. The Bertz CT molecular complexity index is 1330. The maximum atomic E-state index is 14.0. The molecule has 0 bridgehead atoms. The van der Waals surface area contributed by atoms with Crippen molar-refractivity contribution in [2.75, 3.05) is 45.2 Å². The number of pyridine rings is 1. The molecule has 0 aliphatic carbocycles. The molecule has 4 rings (SSSR count). The first-order valence-electron chi connectivity index (χ1n) is 12.5. The third-order valence-electron chi connectivity index (χ3n) is 6.48. The van der Waals surface area contributed by atoms with Gasteiger partial charge in [-0.3, -0.25) is 10.1 Å². The molecular formula is C27H30F2N6O4. The highest BCUT2D eigenvalue weighted by atomic mass is 19.2. The van der Waals surface area contributed by atoms with E-state index in [4.69, 9.17) is 4.74 Å². The van der Waals surface area contributed by atoms with Crippen molar-refractivity contribution >= 4 is 34.6 Å². The number of carbonyl (C=O) groups excluding carboxylic acids is 3. The number of ether oxygens (including phenoxy) is 1. The summed E-state index contributed by atoms with van der Waals surface area (Å²) in [5, 5.41) is 10.0. The Hall–Kier alpha value is -4.32. The Morgan fingerprint density at radius 2 is 1.85 bits per heavy atom. The number of rotatable bonds is 8. The number of aromatic nitrogens is 1. The van der Waals surface area contributed by atoms with Crippen LogP contribution in [-0.2, 0) is 16.1 Å². The lowest BCUT2D eigenvalue weighted by Crippen LogP contribution is -2.51. The van der Waals surface area contributed by atoms with Crippen molar-refractivity contribution in [1.29, 1.82) is 0 Å². The molecule has 12 heteroatoms. The molecule has 0 radical (unpaired) electrons. The molecule has 1 aliphatic heterocycles. The zero-order chi connectivity index (χ0) is 27.8. The topological polar surface area (TPSA) is 116 Å². The molecule has 2 aromatic carbocycles. The first-order valence-corrected chi connectivity index (χ1v) is 12.5. The van der Waals surface area contributed by atoms with Crippen LogP contribution in [0.5, 0.6) is 0 Å². The van der Waals surface area contributed by atoms with E-state index in [-0.39, 0.29) is 36.9 Å². The van der Waals surface area contributed by atoms with Crippen LogP contribution in [0, 0.1) is 11.6 Å². The predicted molar refractivity (Wildman–Crippen MR) is 141 cm³/mol. The van der Waals surface area contributed by atoms with Gasteiger partial charge in [-0.15, -0.1) is 0 Å². The van der Waals surface area contributed by atoms with Crippen LogP contribution in [0.3, 0.4) is 0 Å². The summed E-state index contributed by atoms with van der Waals surface area (Å²) >= 11 is 0. The second-order valence-corrected chi connectivity index (χ2v) is 9.11. The van der Waals surface area contributed by atoms with Crippen LogP contribution in [0.2, 0.25) is 0 Å². The van der Waals surface area contributed by atoms with E-state index in [1.165, 1.54) is 24.1 Å². The molecule has 1 aliphatic rings. The molecule has 10 nitrogen and oxygen atoms in total. The third kappa shape index (κ3) is 7.38. The van der Waals surface area contributed by atoms with Gasteiger partial charge in [-0.2, -0.15) is 0 Å². The summed E-state index contributed by atoms with van der Waals surface area (Å²) < 4.78 is 32.9. The van der Waals surface area contributed by atoms with Crippen molar-refractivity contribution in [3.05, 3.63) is 71.9 Å². The molecule has 3 N–H and O–H groups in total. The SMILES string of the molecule is CN(C(=O)NCc1cccc(F)c1F)[C@H](COC(=O)Nc1cc2ccccc2cn1)CC(=O)N1CCNCC1. The number of carbonyl (C=O) groups is 3. The minimum atomic E-state index is -1.05. The van der Waals surface area contributed by atoms with Gasteiger partial charge < -0.3 is 25.2 Å². The number of amides is 4. The largest absolute Gasteiger partial charge is 0.447 e. The number of benzene rings is 2. The van der Waals surface area contributed by atoms with Crippen LogP contribution in [0.15, 0.2) is 54.7 Å². The highest BCUT2D eigenvalue weighted by Crippen LogP contribution is 2.17. The van der Waals surface area contributed by atoms with E-state index < -0.39 is 29.8 Å². The number of halogens is 2. The number of urea groups is 1. The molecule has 206 valence electrons. The summed E-state index contributed by atoms with van der Waals surface area (Å²) in [5.41, 5.74) is -0.0243. The maximum absolute atomic E-state index is 14.0. The Balaban J connectivity index is 1.39. The number of fused-ring (bicyclic) bond motifs is 1. The second-order valence-electron chi connectivity index (χ2n) is 9.11. The molecule has 1 fully saturated rings. The van der Waals surface area contributed by atoms with Crippen LogP contribution in [0.4, 0.5) is 24.2 Å². The molecule has 0 saturated carbocycles. The number of hydrogen-bond donors (Lipinski definition) is 3. The summed E-state index contributed by atoms with van der Waals surface area (Å²) in [7, 11) is 1.44. The summed E-state index contributed by atoms with van der Waals surface area (Å²) in [4.78, 5) is 45.4. The van der Waals surface area contributed by atoms with E-state index in [1.807, 2.05) is 24.3 Å². The van der Waals surface area contributed by atoms with Crippen molar-refractivity contribution in [1.82, 2.24) is 25.4 Å². The van der Waals surface area contributed by atoms with Crippen molar-refractivity contribution < 1.29 is 27.9 Å². The molecule has 4 amide bonds. The number of piperazine rings is 1. The first-order chi connectivity index (χ1) is 18.8. The van der Waals surface area contributed by atoms with E-state index >= 15 is 0 Å². The highest BCUT2D eigenvalue weighted by molar-refractivity contribution is 5.89. The molecule has 3 aromatic rings. The highest BCUT2D eigenvalue weighted by Gasteiger charge is 2.27. The van der Waals surface area contributed by atoms with Gasteiger partial charge >= 0.3 is 12.1 Å². The lowest BCUT2D eigenvalue weighted by molar-refractivity contribution is -0.133. The maximum Gasteiger partial charge on any atom is 0.412 e. The predicted octanol–water partition coefficient (Wildman–Crippen LogP) is 3.09. The van der Waals surface area contributed by atoms with Gasteiger partial charge in [0.25, 0.3) is 0 Å². The number of nitrogens with zero attached hydrogens (tertiary/aromatic N) is 3. The minimum Gasteiger partial charge on any atom is -0.447 e. The van der Waals surface area contributed by atoms with Gasteiger partial charge in [-0.25, -0.2) is 23.4 Å². The first kappa shape index (κ1) is 27.7. The average molecular weight is 541 g/mol. The number of nitrogens with one attached hydrogen (secondary N) is 3. The van der Waals surface area contributed by atoms with Crippen molar-refractivity contribution in [2.45, 2.75) is 19.0 Å². The smallest absolute Gasteiger partial charge is 0.412 e. The fourth-order valence-corrected chi connectivity index (χ4v) is 4.16. The van der Waals surface area contributed by atoms with E-state index in [1.54, 1.807) is 17.2 Å². The Kier molecular flexibility index (Phi) is 9.21. The standard InChI is InChI=1S/C27H30F2N6O4/c1-34(26(37)32-16-20-7-4-8-22(28)25(20)29)21(14-24(36)35-11-9-30-10-12-35)17-39-27(38)33-23-13-18-5-2-3-6-19(18)15-31-23/h2-8,13,15,21,30H,9-12,14,16-17H2,1H3,(H,32,37)(H,31,33,38)/t21-/m0/s1. The number of anilines is 1. The minimum absolute atomic E-state index is 0.0243. The van der Waals surface area contributed by atoms with E-state index in [9.17, 15) is 23.2 Å². The third-order valence-corrected chi connectivity index (χ3v) is 6.48. The van der Waals surface area contributed by atoms with Gasteiger partial charge in [0.1, 0.15) is 12.4 Å². The van der Waals surface area contributed by atoms with Crippen molar-refractivity contribution in [3.8, 4) is 0 Å². The summed E-state index contributed by atoms with van der Waals surface area (Å²) in [6.07, 6.45) is 0.729. The normalized spacial score (nSPS) is 14.0. The molecule has 0 unspecified atom stereocenters. The Morgan fingerprint density at radius 3 is 2.62 bits per heavy atom. The van der Waals surface area contributed by atoms with Gasteiger partial charge in [0.2, 0.25) is 5.91 Å². The van der Waals surface area contributed by atoms with Crippen LogP contribution in [0.1, 0.15) is 12.0 Å². The van der Waals surface area contributed by atoms with Crippen molar-refractivity contribution in [3.63, 3.8) is 0 Å².